The molecule has 0 fully saturated rings. The first-order valence-corrected chi connectivity index (χ1v) is 5.47. The molecule has 0 aliphatic heterocycles. The summed E-state index contributed by atoms with van der Waals surface area (Å²) in [6, 6.07) is 5.43. The molecule has 0 aliphatic carbocycles. The zero-order valence-electron chi connectivity index (χ0n) is 9.03. The number of halogens is 1. The molecule has 2 N–H and O–H groups in total. The second-order valence-electron chi connectivity index (χ2n) is 3.78. The van der Waals surface area contributed by atoms with Gasteiger partial charge in [-0.1, -0.05) is 22.0 Å². The first-order chi connectivity index (χ1) is 7.33. The Kier molecular flexibility index (Phi) is 3.93. The molecule has 0 aromatic heterocycles. The molecular formula is C11H13BrO4. The van der Waals surface area contributed by atoms with E-state index in [1.54, 1.807) is 6.07 Å². The van der Waals surface area contributed by atoms with Crippen LogP contribution in [-0.4, -0.2) is 28.4 Å². The highest BCUT2D eigenvalue weighted by Crippen LogP contribution is 2.23. The minimum absolute atomic E-state index is 0.292. The van der Waals surface area contributed by atoms with Gasteiger partial charge >= 0.3 is 5.97 Å². The van der Waals surface area contributed by atoms with Crippen LogP contribution in [0, 0.1) is 6.92 Å². The highest BCUT2D eigenvalue weighted by atomic mass is 79.9. The molecule has 0 heterocycles. The standard InChI is InChI=1S/C11H13BrO4/c1-7-3-4-8(12)5-9(7)16-6-11(2,15)10(13)14/h3-5,15H,6H2,1-2H3,(H,13,14). The fourth-order valence-corrected chi connectivity index (χ4v) is 1.35. The van der Waals surface area contributed by atoms with Gasteiger partial charge in [-0.15, -0.1) is 0 Å². The normalized spacial score (nSPS) is 14.2. The van der Waals surface area contributed by atoms with Crippen molar-refractivity contribution < 1.29 is 19.7 Å². The Bertz CT molecular complexity index is 401. The molecule has 1 unspecified atom stereocenters. The number of ether oxygens (including phenoxy) is 1. The Balaban J connectivity index is 2.75. The lowest BCUT2D eigenvalue weighted by molar-refractivity contribution is -0.159. The molecule has 5 heteroatoms. The SMILES string of the molecule is Cc1ccc(Br)cc1OCC(C)(O)C(=O)O. The van der Waals surface area contributed by atoms with Crippen LogP contribution in [0.5, 0.6) is 5.75 Å². The molecule has 1 atom stereocenters. The zero-order chi connectivity index (χ0) is 12.3. The van der Waals surface area contributed by atoms with Crippen LogP contribution in [0.4, 0.5) is 0 Å². The van der Waals surface area contributed by atoms with Gasteiger partial charge in [0.25, 0.3) is 0 Å². The minimum Gasteiger partial charge on any atom is -0.490 e. The van der Waals surface area contributed by atoms with Gasteiger partial charge in [0.05, 0.1) is 0 Å². The molecule has 0 bridgehead atoms. The van der Waals surface area contributed by atoms with Crippen molar-refractivity contribution in [3.63, 3.8) is 0 Å². The van der Waals surface area contributed by atoms with Crippen LogP contribution < -0.4 is 4.74 Å². The van der Waals surface area contributed by atoms with Crippen LogP contribution in [-0.2, 0) is 4.79 Å². The van der Waals surface area contributed by atoms with Crippen molar-refractivity contribution in [1.29, 1.82) is 0 Å². The van der Waals surface area contributed by atoms with Crippen LogP contribution in [0.3, 0.4) is 0 Å². The number of hydrogen-bond acceptors (Lipinski definition) is 3. The fraction of sp³-hybridized carbons (Fsp3) is 0.364. The number of aryl methyl sites for hydroxylation is 1. The van der Waals surface area contributed by atoms with E-state index >= 15 is 0 Å². The lowest BCUT2D eigenvalue weighted by atomic mass is 10.1. The predicted molar refractivity (Wildman–Crippen MR) is 62.6 cm³/mol. The highest BCUT2D eigenvalue weighted by Gasteiger charge is 2.31. The van der Waals surface area contributed by atoms with Crippen molar-refractivity contribution in [1.82, 2.24) is 0 Å². The van der Waals surface area contributed by atoms with E-state index in [0.29, 0.717) is 5.75 Å². The first-order valence-electron chi connectivity index (χ1n) is 4.67. The number of aliphatic carboxylic acids is 1. The van der Waals surface area contributed by atoms with E-state index in [9.17, 15) is 9.90 Å². The quantitative estimate of drug-likeness (QED) is 0.889. The van der Waals surface area contributed by atoms with Crippen LogP contribution in [0.25, 0.3) is 0 Å². The lowest BCUT2D eigenvalue weighted by Gasteiger charge is -2.19. The van der Waals surface area contributed by atoms with E-state index in [1.165, 1.54) is 6.92 Å². The number of rotatable bonds is 4. The fourth-order valence-electron chi connectivity index (χ4n) is 1.01. The summed E-state index contributed by atoms with van der Waals surface area (Å²) in [6.45, 7) is 2.75. The summed E-state index contributed by atoms with van der Waals surface area (Å²) < 4.78 is 6.12. The van der Waals surface area contributed by atoms with Crippen LogP contribution in [0.1, 0.15) is 12.5 Å². The maximum atomic E-state index is 10.7. The molecular weight excluding hydrogens is 276 g/mol. The highest BCUT2D eigenvalue weighted by molar-refractivity contribution is 9.10. The van der Waals surface area contributed by atoms with Crippen molar-refractivity contribution >= 4 is 21.9 Å². The average molecular weight is 289 g/mol. The van der Waals surface area contributed by atoms with E-state index < -0.39 is 11.6 Å². The van der Waals surface area contributed by atoms with Gasteiger partial charge in [-0.05, 0) is 31.5 Å². The summed E-state index contributed by atoms with van der Waals surface area (Å²) in [6.07, 6.45) is 0. The van der Waals surface area contributed by atoms with Crippen molar-refractivity contribution in [3.05, 3.63) is 28.2 Å². The maximum absolute atomic E-state index is 10.7. The molecule has 0 radical (unpaired) electrons. The predicted octanol–water partition coefficient (Wildman–Crippen LogP) is 1.97. The van der Waals surface area contributed by atoms with Crippen molar-refractivity contribution in [3.8, 4) is 5.75 Å². The smallest absolute Gasteiger partial charge is 0.339 e. The van der Waals surface area contributed by atoms with Gasteiger partial charge in [0.1, 0.15) is 12.4 Å². The molecule has 4 nitrogen and oxygen atoms in total. The minimum atomic E-state index is -1.88. The molecule has 0 spiro atoms. The van der Waals surface area contributed by atoms with Crippen molar-refractivity contribution in [2.75, 3.05) is 6.61 Å². The Morgan fingerprint density at radius 2 is 2.19 bits per heavy atom. The van der Waals surface area contributed by atoms with Gasteiger partial charge in [-0.2, -0.15) is 0 Å². The van der Waals surface area contributed by atoms with E-state index in [2.05, 4.69) is 15.9 Å². The van der Waals surface area contributed by atoms with Crippen LogP contribution in [0.15, 0.2) is 22.7 Å². The van der Waals surface area contributed by atoms with Gasteiger partial charge in [0, 0.05) is 4.47 Å². The second-order valence-corrected chi connectivity index (χ2v) is 4.69. The number of hydrogen-bond donors (Lipinski definition) is 2. The van der Waals surface area contributed by atoms with Gasteiger partial charge in [0.2, 0.25) is 0 Å². The number of carbonyl (C=O) groups is 1. The lowest BCUT2D eigenvalue weighted by Crippen LogP contribution is -2.41. The van der Waals surface area contributed by atoms with Gasteiger partial charge in [-0.3, -0.25) is 0 Å². The molecule has 0 saturated heterocycles. The molecule has 1 aromatic carbocycles. The van der Waals surface area contributed by atoms with E-state index in [-0.39, 0.29) is 6.61 Å². The summed E-state index contributed by atoms with van der Waals surface area (Å²) in [5, 5.41) is 18.2. The summed E-state index contributed by atoms with van der Waals surface area (Å²) in [5.41, 5.74) is -1.00. The molecule has 88 valence electrons. The van der Waals surface area contributed by atoms with Gasteiger partial charge in [0.15, 0.2) is 5.60 Å². The molecule has 0 aliphatic rings. The summed E-state index contributed by atoms with van der Waals surface area (Å²) in [5.74, 6) is -0.754. The first kappa shape index (κ1) is 13.0. The Morgan fingerprint density at radius 3 is 2.75 bits per heavy atom. The summed E-state index contributed by atoms with van der Waals surface area (Å²) >= 11 is 3.29. The molecule has 1 aromatic rings. The van der Waals surface area contributed by atoms with Gasteiger partial charge in [-0.25, -0.2) is 4.79 Å². The third-order valence-electron chi connectivity index (χ3n) is 2.12. The van der Waals surface area contributed by atoms with Gasteiger partial charge < -0.3 is 14.9 Å². The van der Waals surface area contributed by atoms with E-state index in [4.69, 9.17) is 9.84 Å². The largest absolute Gasteiger partial charge is 0.490 e. The molecule has 16 heavy (non-hydrogen) atoms. The third kappa shape index (κ3) is 3.21. The topological polar surface area (TPSA) is 66.8 Å². The van der Waals surface area contributed by atoms with Crippen LogP contribution >= 0.6 is 15.9 Å². The van der Waals surface area contributed by atoms with E-state index in [1.807, 2.05) is 19.1 Å². The molecule has 1 rings (SSSR count). The number of carboxylic acids is 1. The summed E-state index contributed by atoms with van der Waals surface area (Å²) in [4.78, 5) is 10.7. The van der Waals surface area contributed by atoms with E-state index in [0.717, 1.165) is 10.0 Å². The Hall–Kier alpha value is -1.07. The average Bonchev–Trinajstić information content (AvgIpc) is 2.19. The maximum Gasteiger partial charge on any atom is 0.339 e. The zero-order valence-corrected chi connectivity index (χ0v) is 10.6. The number of carboxylic acid groups (broad SMARTS) is 1. The third-order valence-corrected chi connectivity index (χ3v) is 2.61. The second kappa shape index (κ2) is 4.84. The van der Waals surface area contributed by atoms with Crippen molar-refractivity contribution in [2.24, 2.45) is 0 Å². The number of benzene rings is 1. The molecule has 0 amide bonds. The number of aliphatic hydroxyl groups is 1. The van der Waals surface area contributed by atoms with Crippen LogP contribution in [0.2, 0.25) is 0 Å². The Labute approximate surface area is 102 Å². The van der Waals surface area contributed by atoms with Crippen molar-refractivity contribution in [2.45, 2.75) is 19.4 Å². The molecule has 0 saturated carbocycles. The Morgan fingerprint density at radius 1 is 1.56 bits per heavy atom. The monoisotopic (exact) mass is 288 g/mol. The summed E-state index contributed by atoms with van der Waals surface area (Å²) in [7, 11) is 0.